The Labute approximate surface area is 142 Å². The lowest BCUT2D eigenvalue weighted by atomic mass is 10.2. The van der Waals surface area contributed by atoms with Crippen LogP contribution in [0.5, 0.6) is 0 Å². The topological polar surface area (TPSA) is 44.0 Å². The largest absolute Gasteiger partial charge is 0.330 e. The predicted octanol–water partition coefficient (Wildman–Crippen LogP) is 3.45. The quantitative estimate of drug-likeness (QED) is 0.427. The molecule has 21 heavy (non-hydrogen) atoms. The summed E-state index contributed by atoms with van der Waals surface area (Å²) in [5.74, 6) is 0. The monoisotopic (exact) mass is 422 g/mol. The lowest BCUT2D eigenvalue weighted by Crippen LogP contribution is -2.40. The van der Waals surface area contributed by atoms with Crippen LogP contribution in [0.1, 0.15) is 44.1 Å². The Balaban J connectivity index is 2.79. The Morgan fingerprint density at radius 3 is 2.05 bits per heavy atom. The van der Waals surface area contributed by atoms with Crippen molar-refractivity contribution in [1.29, 1.82) is 0 Å². The first-order valence-electron chi connectivity index (χ1n) is 7.54. The van der Waals surface area contributed by atoms with Crippen LogP contribution in [-0.4, -0.2) is 19.8 Å². The smallest absolute Gasteiger partial charge is 0.300 e. The van der Waals surface area contributed by atoms with Crippen LogP contribution in [0.25, 0.3) is 0 Å². The van der Waals surface area contributed by atoms with E-state index in [1.165, 1.54) is 4.57 Å². The van der Waals surface area contributed by atoms with Gasteiger partial charge in [-0.2, -0.15) is 0 Å². The average Bonchev–Trinajstić information content (AvgIpc) is 2.48. The summed E-state index contributed by atoms with van der Waals surface area (Å²) < 4.78 is 3.09. The maximum atomic E-state index is 12.4. The molecule has 0 saturated carbocycles. The number of aryl methyl sites for hydroxylation is 2. The average molecular weight is 424 g/mol. The molecular formula is C15H24Br2N2O2. The number of nitrogens with zero attached hydrogens (tertiary/aromatic N) is 2. The van der Waals surface area contributed by atoms with Crippen molar-refractivity contribution in [3.05, 3.63) is 32.6 Å². The minimum Gasteiger partial charge on any atom is -0.300 e. The minimum absolute atomic E-state index is 0.143. The van der Waals surface area contributed by atoms with Gasteiger partial charge in [0.25, 0.3) is 5.56 Å². The molecule has 120 valence electrons. The second-order valence-electron chi connectivity index (χ2n) is 5.24. The summed E-state index contributed by atoms with van der Waals surface area (Å²) in [5.41, 5.74) is 0.342. The molecule has 6 heteroatoms. The first-order chi connectivity index (χ1) is 10.1. The van der Waals surface area contributed by atoms with E-state index in [0.29, 0.717) is 18.7 Å². The fraction of sp³-hybridized carbons (Fsp3) is 0.733. The van der Waals surface area contributed by atoms with Crippen LogP contribution in [0.3, 0.4) is 0 Å². The zero-order valence-electron chi connectivity index (χ0n) is 12.6. The Hall–Kier alpha value is -0.360. The molecule has 1 heterocycles. The van der Waals surface area contributed by atoms with Crippen LogP contribution >= 0.6 is 31.9 Å². The Kier molecular flexibility index (Phi) is 9.24. The summed E-state index contributed by atoms with van der Waals surface area (Å²) in [7, 11) is 0. The molecule has 0 spiro atoms. The van der Waals surface area contributed by atoms with Gasteiger partial charge in [-0.3, -0.25) is 9.36 Å². The van der Waals surface area contributed by atoms with E-state index >= 15 is 0 Å². The standard InChI is InChI=1S/C15H24Br2N2O2/c1-13-12-18(10-6-2-4-8-16)15(21)19(14(13)20)11-7-3-5-9-17/h12H,2-11H2,1H3. The van der Waals surface area contributed by atoms with E-state index in [1.807, 2.05) is 0 Å². The van der Waals surface area contributed by atoms with E-state index in [4.69, 9.17) is 0 Å². The van der Waals surface area contributed by atoms with Gasteiger partial charge in [0.1, 0.15) is 0 Å². The molecule has 0 radical (unpaired) electrons. The van der Waals surface area contributed by atoms with Crippen LogP contribution in [0.2, 0.25) is 0 Å². The lowest BCUT2D eigenvalue weighted by Gasteiger charge is -2.11. The molecule has 0 unspecified atom stereocenters. The highest BCUT2D eigenvalue weighted by Gasteiger charge is 2.08. The van der Waals surface area contributed by atoms with Crippen molar-refractivity contribution in [3.8, 4) is 0 Å². The third-order valence-corrected chi connectivity index (χ3v) is 4.58. The zero-order valence-corrected chi connectivity index (χ0v) is 15.8. The summed E-state index contributed by atoms with van der Waals surface area (Å²) in [6, 6.07) is 0. The van der Waals surface area contributed by atoms with Gasteiger partial charge in [0.15, 0.2) is 0 Å². The number of rotatable bonds is 10. The summed E-state index contributed by atoms with van der Waals surface area (Å²) in [6.07, 6.45) is 7.83. The number of alkyl halides is 2. The van der Waals surface area contributed by atoms with Gasteiger partial charge in [-0.05, 0) is 32.6 Å². The second kappa shape index (κ2) is 10.4. The first kappa shape index (κ1) is 18.7. The molecule has 1 aromatic heterocycles. The summed E-state index contributed by atoms with van der Waals surface area (Å²) in [5, 5.41) is 1.96. The van der Waals surface area contributed by atoms with E-state index in [-0.39, 0.29) is 11.2 Å². The van der Waals surface area contributed by atoms with E-state index in [9.17, 15) is 9.59 Å². The normalized spacial score (nSPS) is 11.0. The maximum Gasteiger partial charge on any atom is 0.330 e. The van der Waals surface area contributed by atoms with Crippen molar-refractivity contribution in [2.24, 2.45) is 0 Å². The molecule has 0 aliphatic carbocycles. The van der Waals surface area contributed by atoms with Crippen LogP contribution in [0.4, 0.5) is 0 Å². The highest BCUT2D eigenvalue weighted by atomic mass is 79.9. The van der Waals surface area contributed by atoms with E-state index in [1.54, 1.807) is 17.7 Å². The van der Waals surface area contributed by atoms with Gasteiger partial charge in [-0.1, -0.05) is 44.7 Å². The molecule has 0 bridgehead atoms. The van der Waals surface area contributed by atoms with Gasteiger partial charge in [0.05, 0.1) is 0 Å². The van der Waals surface area contributed by atoms with Crippen LogP contribution in [0.15, 0.2) is 15.8 Å². The maximum absolute atomic E-state index is 12.4. The third kappa shape index (κ3) is 6.10. The van der Waals surface area contributed by atoms with E-state index < -0.39 is 0 Å². The van der Waals surface area contributed by atoms with Crippen molar-refractivity contribution in [2.75, 3.05) is 10.7 Å². The van der Waals surface area contributed by atoms with Crippen molar-refractivity contribution in [3.63, 3.8) is 0 Å². The predicted molar refractivity (Wildman–Crippen MR) is 95.0 cm³/mol. The fourth-order valence-corrected chi connectivity index (χ4v) is 3.04. The lowest BCUT2D eigenvalue weighted by molar-refractivity contribution is 0.502. The van der Waals surface area contributed by atoms with Crippen molar-refractivity contribution in [1.82, 2.24) is 9.13 Å². The molecule has 1 rings (SSSR count). The molecule has 0 aromatic carbocycles. The third-order valence-electron chi connectivity index (χ3n) is 3.46. The van der Waals surface area contributed by atoms with Crippen LogP contribution < -0.4 is 11.2 Å². The van der Waals surface area contributed by atoms with Gasteiger partial charge in [0.2, 0.25) is 0 Å². The van der Waals surface area contributed by atoms with Crippen molar-refractivity contribution >= 4 is 31.9 Å². The molecule has 0 amide bonds. The second-order valence-corrected chi connectivity index (χ2v) is 6.83. The first-order valence-corrected chi connectivity index (χ1v) is 9.79. The molecule has 0 aliphatic heterocycles. The molecule has 4 nitrogen and oxygen atoms in total. The molecule has 0 fully saturated rings. The Bertz CT molecular complexity index is 537. The van der Waals surface area contributed by atoms with Gasteiger partial charge >= 0.3 is 5.69 Å². The van der Waals surface area contributed by atoms with Gasteiger partial charge in [-0.15, -0.1) is 0 Å². The van der Waals surface area contributed by atoms with Crippen LogP contribution in [-0.2, 0) is 13.1 Å². The minimum atomic E-state index is -0.164. The van der Waals surface area contributed by atoms with E-state index in [2.05, 4.69) is 31.9 Å². The molecule has 0 aliphatic rings. The summed E-state index contributed by atoms with van der Waals surface area (Å²) in [4.78, 5) is 24.5. The van der Waals surface area contributed by atoms with Gasteiger partial charge in [-0.25, -0.2) is 4.79 Å². The number of unbranched alkanes of at least 4 members (excludes halogenated alkanes) is 4. The molecule has 0 atom stereocenters. The van der Waals surface area contributed by atoms with Gasteiger partial charge in [0, 0.05) is 35.5 Å². The number of halogens is 2. The molecule has 1 aromatic rings. The number of hydrogen-bond donors (Lipinski definition) is 0. The van der Waals surface area contributed by atoms with Crippen molar-refractivity contribution in [2.45, 2.75) is 58.5 Å². The van der Waals surface area contributed by atoms with Crippen LogP contribution in [0, 0.1) is 6.92 Å². The fourth-order valence-electron chi connectivity index (χ4n) is 2.25. The van der Waals surface area contributed by atoms with E-state index in [0.717, 1.165) is 49.2 Å². The highest BCUT2D eigenvalue weighted by Crippen LogP contribution is 2.02. The Morgan fingerprint density at radius 2 is 1.48 bits per heavy atom. The van der Waals surface area contributed by atoms with Crippen molar-refractivity contribution < 1.29 is 0 Å². The molecule has 0 saturated heterocycles. The number of hydrogen-bond acceptors (Lipinski definition) is 2. The number of aromatic nitrogens is 2. The molecule has 0 N–H and O–H groups in total. The Morgan fingerprint density at radius 1 is 0.905 bits per heavy atom. The molecular weight excluding hydrogens is 400 g/mol. The summed E-state index contributed by atoms with van der Waals surface area (Å²) in [6.45, 7) is 2.99. The summed E-state index contributed by atoms with van der Waals surface area (Å²) >= 11 is 6.80. The van der Waals surface area contributed by atoms with Gasteiger partial charge < -0.3 is 4.57 Å². The highest BCUT2D eigenvalue weighted by molar-refractivity contribution is 9.09. The SMILES string of the molecule is Cc1cn(CCCCCBr)c(=O)n(CCCCCBr)c1=O. The zero-order chi connectivity index (χ0) is 15.7.